The fraction of sp³-hybridized carbons (Fsp3) is 0.0556. The quantitative estimate of drug-likeness (QED) is 0.689. The van der Waals surface area contributed by atoms with Crippen LogP contribution in [-0.4, -0.2) is 16.9 Å². The third-order valence-electron chi connectivity index (χ3n) is 3.52. The molecule has 0 atom stereocenters. The van der Waals surface area contributed by atoms with Gasteiger partial charge in [0.05, 0.1) is 5.52 Å². The molecule has 0 radical (unpaired) electrons. The number of carbonyl (C=O) groups excluding carboxylic acids is 2. The minimum Gasteiger partial charge on any atom is -0.352 e. The summed E-state index contributed by atoms with van der Waals surface area (Å²) in [4.78, 5) is 27.4. The Labute approximate surface area is 138 Å². The molecule has 0 aliphatic rings. The fourth-order valence-corrected chi connectivity index (χ4v) is 2.29. The highest BCUT2D eigenvalue weighted by atomic mass is 16.2. The summed E-state index contributed by atoms with van der Waals surface area (Å²) in [6.45, 7) is 0.323. The Morgan fingerprint density at radius 2 is 1.71 bits per heavy atom. The van der Waals surface area contributed by atoms with E-state index in [9.17, 15) is 9.59 Å². The van der Waals surface area contributed by atoms with Crippen molar-refractivity contribution in [3.8, 4) is 0 Å². The van der Waals surface area contributed by atoms with Crippen molar-refractivity contribution in [1.29, 1.82) is 0 Å². The van der Waals surface area contributed by atoms with Gasteiger partial charge in [-0.2, -0.15) is 0 Å². The van der Waals surface area contributed by atoms with Crippen LogP contribution in [0.1, 0.15) is 15.9 Å². The number of urea groups is 1. The number of benzene rings is 2. The Kier molecular flexibility index (Phi) is 4.38. The van der Waals surface area contributed by atoms with E-state index in [1.807, 2.05) is 30.3 Å². The van der Waals surface area contributed by atoms with Gasteiger partial charge in [-0.05, 0) is 35.9 Å². The van der Waals surface area contributed by atoms with Gasteiger partial charge in [-0.25, -0.2) is 9.78 Å². The highest BCUT2D eigenvalue weighted by Crippen LogP contribution is 2.15. The smallest absolute Gasteiger partial charge is 0.312 e. The van der Waals surface area contributed by atoms with E-state index in [1.165, 1.54) is 0 Å². The number of carbonyl (C=O) groups is 2. The highest BCUT2D eigenvalue weighted by molar-refractivity contribution is 6.04. The van der Waals surface area contributed by atoms with Gasteiger partial charge in [0.25, 0.3) is 5.91 Å². The summed E-state index contributed by atoms with van der Waals surface area (Å²) >= 11 is 0. The Morgan fingerprint density at radius 3 is 2.46 bits per heavy atom. The predicted octanol–water partition coefficient (Wildman–Crippen LogP) is 2.66. The van der Waals surface area contributed by atoms with Crippen LogP contribution in [0.5, 0.6) is 0 Å². The molecule has 4 N–H and O–H groups in total. The number of nitrogens with zero attached hydrogens (tertiary/aromatic N) is 1. The number of fused-ring (bicyclic) bond motifs is 1. The largest absolute Gasteiger partial charge is 0.352 e. The van der Waals surface area contributed by atoms with Crippen LogP contribution < -0.4 is 16.4 Å². The van der Waals surface area contributed by atoms with Gasteiger partial charge in [-0.15, -0.1) is 0 Å². The van der Waals surface area contributed by atoms with Crippen LogP contribution in [0, 0.1) is 0 Å². The molecule has 2 aromatic carbocycles. The Balaban J connectivity index is 1.70. The van der Waals surface area contributed by atoms with Gasteiger partial charge >= 0.3 is 6.03 Å². The number of nitrogens with one attached hydrogen (secondary N) is 2. The van der Waals surface area contributed by atoms with Crippen molar-refractivity contribution < 1.29 is 9.59 Å². The predicted molar refractivity (Wildman–Crippen MR) is 92.6 cm³/mol. The molecule has 0 spiro atoms. The van der Waals surface area contributed by atoms with Crippen LogP contribution in [0.2, 0.25) is 0 Å². The van der Waals surface area contributed by atoms with Crippen molar-refractivity contribution in [1.82, 2.24) is 10.3 Å². The topological polar surface area (TPSA) is 97.1 Å². The molecule has 0 aliphatic heterocycles. The van der Waals surface area contributed by atoms with Gasteiger partial charge in [0.15, 0.2) is 0 Å². The molecular weight excluding hydrogens is 304 g/mol. The summed E-state index contributed by atoms with van der Waals surface area (Å²) in [7, 11) is 0. The molecule has 0 bridgehead atoms. The van der Waals surface area contributed by atoms with Gasteiger partial charge in [-0.3, -0.25) is 4.79 Å². The zero-order valence-corrected chi connectivity index (χ0v) is 12.8. The summed E-state index contributed by atoms with van der Waals surface area (Å²) in [5.74, 6) is 0.255. The fourth-order valence-electron chi connectivity index (χ4n) is 2.29. The summed E-state index contributed by atoms with van der Waals surface area (Å²) in [6, 6.07) is 17.7. The zero-order chi connectivity index (χ0) is 16.9. The van der Waals surface area contributed by atoms with E-state index in [-0.39, 0.29) is 5.91 Å². The van der Waals surface area contributed by atoms with E-state index in [1.54, 1.807) is 30.3 Å². The molecule has 0 saturated carbocycles. The molecule has 24 heavy (non-hydrogen) atoms. The molecule has 1 aromatic heterocycles. The van der Waals surface area contributed by atoms with Crippen LogP contribution in [0.3, 0.4) is 0 Å². The van der Waals surface area contributed by atoms with Crippen molar-refractivity contribution in [2.75, 3.05) is 5.32 Å². The van der Waals surface area contributed by atoms with Gasteiger partial charge in [0.1, 0.15) is 5.82 Å². The molecule has 3 aromatic rings. The molecule has 1 heterocycles. The third kappa shape index (κ3) is 3.67. The molecular formula is C18H16N4O2. The number of hydrogen-bond acceptors (Lipinski definition) is 3. The molecule has 0 unspecified atom stereocenters. The van der Waals surface area contributed by atoms with E-state index >= 15 is 0 Å². The van der Waals surface area contributed by atoms with Crippen molar-refractivity contribution in [2.24, 2.45) is 5.73 Å². The second-order valence-corrected chi connectivity index (χ2v) is 5.26. The van der Waals surface area contributed by atoms with Crippen molar-refractivity contribution in [3.63, 3.8) is 0 Å². The molecule has 120 valence electrons. The second kappa shape index (κ2) is 6.78. The van der Waals surface area contributed by atoms with E-state index in [4.69, 9.17) is 5.73 Å². The van der Waals surface area contributed by atoms with Crippen LogP contribution >= 0.6 is 0 Å². The van der Waals surface area contributed by atoms with Gasteiger partial charge in [-0.1, -0.05) is 30.3 Å². The molecule has 3 rings (SSSR count). The number of para-hydroxylation sites is 1. The maximum atomic E-state index is 12.3. The molecule has 0 fully saturated rings. The van der Waals surface area contributed by atoms with E-state index in [0.29, 0.717) is 17.9 Å². The molecule has 0 aliphatic carbocycles. The minimum absolute atomic E-state index is 0.243. The standard InChI is InChI=1S/C18H16N4O2/c19-18(24)20-11-12-5-7-14(8-6-12)17(23)22-16-10-9-13-3-1-2-4-15(13)21-16/h1-10H,11H2,(H3,19,20,24)(H,21,22,23). The number of pyridine rings is 1. The number of rotatable bonds is 4. The number of primary amides is 1. The minimum atomic E-state index is -0.584. The second-order valence-electron chi connectivity index (χ2n) is 5.26. The van der Waals surface area contributed by atoms with Crippen molar-refractivity contribution >= 4 is 28.7 Å². The number of nitrogens with two attached hydrogens (primary N) is 1. The van der Waals surface area contributed by atoms with E-state index in [2.05, 4.69) is 15.6 Å². The van der Waals surface area contributed by atoms with Gasteiger partial charge < -0.3 is 16.4 Å². The van der Waals surface area contributed by atoms with Crippen molar-refractivity contribution in [2.45, 2.75) is 6.54 Å². The van der Waals surface area contributed by atoms with Crippen molar-refractivity contribution in [3.05, 3.63) is 71.8 Å². The Morgan fingerprint density at radius 1 is 0.958 bits per heavy atom. The summed E-state index contributed by atoms with van der Waals surface area (Å²) in [5.41, 5.74) is 7.21. The molecule has 0 saturated heterocycles. The molecule has 6 nitrogen and oxygen atoms in total. The first-order valence-corrected chi connectivity index (χ1v) is 7.41. The van der Waals surface area contributed by atoms with E-state index < -0.39 is 6.03 Å². The molecule has 3 amide bonds. The van der Waals surface area contributed by atoms with Gasteiger partial charge in [0, 0.05) is 17.5 Å². The Bertz CT molecular complexity index is 891. The lowest BCUT2D eigenvalue weighted by Crippen LogP contribution is -2.28. The number of hydrogen-bond donors (Lipinski definition) is 3. The van der Waals surface area contributed by atoms with E-state index in [0.717, 1.165) is 16.5 Å². The highest BCUT2D eigenvalue weighted by Gasteiger charge is 2.07. The molecule has 6 heteroatoms. The number of aromatic nitrogens is 1. The summed E-state index contributed by atoms with van der Waals surface area (Å²) < 4.78 is 0. The monoisotopic (exact) mass is 320 g/mol. The lowest BCUT2D eigenvalue weighted by molar-refractivity contribution is 0.102. The van der Waals surface area contributed by atoms with Gasteiger partial charge in [0.2, 0.25) is 0 Å². The first-order valence-electron chi connectivity index (χ1n) is 7.41. The Hall–Kier alpha value is -3.41. The first-order chi connectivity index (χ1) is 11.6. The third-order valence-corrected chi connectivity index (χ3v) is 3.52. The summed E-state index contributed by atoms with van der Waals surface area (Å²) in [5, 5.41) is 6.29. The van der Waals surface area contributed by atoms with Crippen LogP contribution in [-0.2, 0) is 6.54 Å². The lowest BCUT2D eigenvalue weighted by Gasteiger charge is -2.07. The number of amides is 3. The SMILES string of the molecule is NC(=O)NCc1ccc(C(=O)Nc2ccc3ccccc3n2)cc1. The number of anilines is 1. The first kappa shape index (κ1) is 15.5. The maximum Gasteiger partial charge on any atom is 0.312 e. The summed E-state index contributed by atoms with van der Waals surface area (Å²) in [6.07, 6.45) is 0. The maximum absolute atomic E-state index is 12.3. The van der Waals surface area contributed by atoms with Crippen LogP contribution in [0.15, 0.2) is 60.7 Å². The normalized spacial score (nSPS) is 10.3. The van der Waals surface area contributed by atoms with Crippen LogP contribution in [0.4, 0.5) is 10.6 Å². The lowest BCUT2D eigenvalue weighted by atomic mass is 10.1. The average Bonchev–Trinajstić information content (AvgIpc) is 2.60. The average molecular weight is 320 g/mol. The van der Waals surface area contributed by atoms with Crippen LogP contribution in [0.25, 0.3) is 10.9 Å². The zero-order valence-electron chi connectivity index (χ0n) is 12.8.